The summed E-state index contributed by atoms with van der Waals surface area (Å²) in [5.74, 6) is -0.513. The van der Waals surface area contributed by atoms with Gasteiger partial charge in [-0.25, -0.2) is 4.39 Å². The molecule has 0 fully saturated rings. The van der Waals surface area contributed by atoms with Gasteiger partial charge in [-0.1, -0.05) is 0 Å². The monoisotopic (exact) mass is 283 g/mol. The van der Waals surface area contributed by atoms with Gasteiger partial charge in [-0.2, -0.15) is 0 Å². The van der Waals surface area contributed by atoms with Crippen molar-refractivity contribution in [3.05, 3.63) is 53.6 Å². The molecule has 4 nitrogen and oxygen atoms in total. The number of benzene rings is 1. The third-order valence-electron chi connectivity index (χ3n) is 3.53. The van der Waals surface area contributed by atoms with E-state index in [4.69, 9.17) is 0 Å². The second-order valence-electron chi connectivity index (χ2n) is 4.83. The molecule has 0 atom stereocenters. The number of carbonyl (C=O) groups excluding carboxylic acids is 1. The highest BCUT2D eigenvalue weighted by molar-refractivity contribution is 5.95. The Bertz CT molecular complexity index is 839. The maximum absolute atomic E-state index is 14.5. The van der Waals surface area contributed by atoms with Crippen LogP contribution in [0.15, 0.2) is 36.7 Å². The Morgan fingerprint density at radius 2 is 2.14 bits per heavy atom. The molecule has 1 aromatic carbocycles. The number of hydrogen-bond acceptors (Lipinski definition) is 2. The molecule has 2 N–H and O–H groups in total. The van der Waals surface area contributed by atoms with Crippen LogP contribution in [0.25, 0.3) is 22.2 Å². The van der Waals surface area contributed by atoms with Crippen molar-refractivity contribution in [1.29, 1.82) is 0 Å². The van der Waals surface area contributed by atoms with E-state index in [1.165, 1.54) is 6.20 Å². The largest absolute Gasteiger partial charge is 0.361 e. The number of amides is 1. The number of nitrogens with zero attached hydrogens (tertiary/aromatic N) is 1. The average Bonchev–Trinajstić information content (AvgIpc) is 2.96. The maximum Gasteiger partial charge on any atom is 0.252 e. The van der Waals surface area contributed by atoms with E-state index in [0.717, 1.165) is 11.1 Å². The predicted molar refractivity (Wildman–Crippen MR) is 79.6 cm³/mol. The highest BCUT2D eigenvalue weighted by Gasteiger charge is 2.14. The summed E-state index contributed by atoms with van der Waals surface area (Å²) in [5, 5.41) is 3.09. The van der Waals surface area contributed by atoms with Crippen molar-refractivity contribution in [2.24, 2.45) is 0 Å². The summed E-state index contributed by atoms with van der Waals surface area (Å²) in [6.07, 6.45) is 3.18. The number of hydrogen-bond donors (Lipinski definition) is 2. The summed E-state index contributed by atoms with van der Waals surface area (Å²) < 4.78 is 14.5. The van der Waals surface area contributed by atoms with Crippen molar-refractivity contribution in [2.45, 2.75) is 6.92 Å². The fraction of sp³-hybridized carbons (Fsp3) is 0.125. The highest BCUT2D eigenvalue weighted by atomic mass is 19.1. The summed E-state index contributed by atoms with van der Waals surface area (Å²) in [4.78, 5) is 18.8. The Hall–Kier alpha value is -2.69. The van der Waals surface area contributed by atoms with E-state index in [-0.39, 0.29) is 11.7 Å². The first-order chi connectivity index (χ1) is 10.1. The number of fused-ring (bicyclic) bond motifs is 1. The lowest BCUT2D eigenvalue weighted by molar-refractivity contribution is 0.0962. The summed E-state index contributed by atoms with van der Waals surface area (Å²) in [5.41, 5.74) is 2.93. The first kappa shape index (κ1) is 13.3. The molecule has 21 heavy (non-hydrogen) atoms. The number of halogens is 1. The lowest BCUT2D eigenvalue weighted by Crippen LogP contribution is -2.19. The van der Waals surface area contributed by atoms with Gasteiger partial charge in [-0.05, 0) is 36.8 Å². The maximum atomic E-state index is 14.5. The first-order valence-corrected chi connectivity index (χ1v) is 6.56. The van der Waals surface area contributed by atoms with Gasteiger partial charge in [-0.15, -0.1) is 0 Å². The van der Waals surface area contributed by atoms with Gasteiger partial charge in [0.1, 0.15) is 5.82 Å². The van der Waals surface area contributed by atoms with Crippen molar-refractivity contribution in [3.8, 4) is 11.3 Å². The molecule has 0 aliphatic heterocycles. The Morgan fingerprint density at radius 3 is 2.86 bits per heavy atom. The fourth-order valence-electron chi connectivity index (χ4n) is 2.37. The quantitative estimate of drug-likeness (QED) is 0.759. The minimum Gasteiger partial charge on any atom is -0.361 e. The van der Waals surface area contributed by atoms with Crippen LogP contribution in [0.4, 0.5) is 4.39 Å². The second kappa shape index (κ2) is 5.01. The van der Waals surface area contributed by atoms with Gasteiger partial charge in [-0.3, -0.25) is 9.78 Å². The molecule has 106 valence electrons. The van der Waals surface area contributed by atoms with E-state index >= 15 is 0 Å². The molecule has 0 saturated heterocycles. The Morgan fingerprint density at radius 1 is 1.33 bits per heavy atom. The molecule has 0 bridgehead atoms. The topological polar surface area (TPSA) is 57.8 Å². The van der Waals surface area contributed by atoms with E-state index in [1.54, 1.807) is 31.4 Å². The predicted octanol–water partition coefficient (Wildman–Crippen LogP) is 3.04. The van der Waals surface area contributed by atoms with Gasteiger partial charge in [0.15, 0.2) is 0 Å². The van der Waals surface area contributed by atoms with Crippen LogP contribution in [0.3, 0.4) is 0 Å². The van der Waals surface area contributed by atoms with E-state index in [1.807, 2.05) is 13.0 Å². The molecule has 0 aliphatic rings. The summed E-state index contributed by atoms with van der Waals surface area (Å²) in [6, 6.07) is 6.92. The molecule has 0 radical (unpaired) electrons. The SMILES string of the molecule is CNC(=O)c1cnc(-c2ccc3[nH]ccc3c2F)cc1C. The van der Waals surface area contributed by atoms with Crippen LogP contribution in [0.1, 0.15) is 15.9 Å². The molecular formula is C16H14FN3O. The normalized spacial score (nSPS) is 10.8. The number of aromatic nitrogens is 2. The summed E-state index contributed by atoms with van der Waals surface area (Å²) in [7, 11) is 1.56. The van der Waals surface area contributed by atoms with E-state index < -0.39 is 0 Å². The summed E-state index contributed by atoms with van der Waals surface area (Å²) >= 11 is 0. The average molecular weight is 283 g/mol. The molecule has 0 unspecified atom stereocenters. The van der Waals surface area contributed by atoms with Gasteiger partial charge < -0.3 is 10.3 Å². The van der Waals surface area contributed by atoms with Crippen LogP contribution in [0.5, 0.6) is 0 Å². The smallest absolute Gasteiger partial charge is 0.252 e. The van der Waals surface area contributed by atoms with E-state index in [0.29, 0.717) is 22.2 Å². The Kier molecular flexibility index (Phi) is 3.17. The van der Waals surface area contributed by atoms with Crippen LogP contribution in [0, 0.1) is 12.7 Å². The number of H-pyrrole nitrogens is 1. The zero-order valence-electron chi connectivity index (χ0n) is 11.7. The molecule has 1 amide bonds. The second-order valence-corrected chi connectivity index (χ2v) is 4.83. The third kappa shape index (κ3) is 2.16. The van der Waals surface area contributed by atoms with Crippen molar-refractivity contribution in [2.75, 3.05) is 7.05 Å². The minimum atomic E-state index is -0.312. The van der Waals surface area contributed by atoms with E-state index in [9.17, 15) is 9.18 Å². The summed E-state index contributed by atoms with van der Waals surface area (Å²) in [6.45, 7) is 1.81. The van der Waals surface area contributed by atoms with Gasteiger partial charge in [0.2, 0.25) is 0 Å². The number of pyridine rings is 1. The van der Waals surface area contributed by atoms with Crippen LogP contribution in [-0.2, 0) is 0 Å². The molecular weight excluding hydrogens is 269 g/mol. The number of aryl methyl sites for hydroxylation is 1. The highest BCUT2D eigenvalue weighted by Crippen LogP contribution is 2.28. The van der Waals surface area contributed by atoms with Crippen LogP contribution in [-0.4, -0.2) is 22.9 Å². The molecule has 0 aliphatic carbocycles. The van der Waals surface area contributed by atoms with Crippen molar-refractivity contribution < 1.29 is 9.18 Å². The lowest BCUT2D eigenvalue weighted by Gasteiger charge is -2.08. The van der Waals surface area contributed by atoms with Crippen molar-refractivity contribution in [3.63, 3.8) is 0 Å². The number of aromatic amines is 1. The molecule has 3 aromatic rings. The number of carbonyl (C=O) groups is 1. The number of nitrogens with one attached hydrogen (secondary N) is 2. The number of rotatable bonds is 2. The first-order valence-electron chi connectivity index (χ1n) is 6.56. The molecule has 2 heterocycles. The van der Waals surface area contributed by atoms with Crippen molar-refractivity contribution in [1.82, 2.24) is 15.3 Å². The Balaban J connectivity index is 2.12. The van der Waals surface area contributed by atoms with Crippen LogP contribution < -0.4 is 5.32 Å². The zero-order valence-corrected chi connectivity index (χ0v) is 11.7. The molecule has 3 rings (SSSR count). The van der Waals surface area contributed by atoms with Crippen LogP contribution in [0.2, 0.25) is 0 Å². The Labute approximate surface area is 121 Å². The molecule has 5 heteroatoms. The zero-order chi connectivity index (χ0) is 15.0. The van der Waals surface area contributed by atoms with Gasteiger partial charge in [0.05, 0.1) is 11.3 Å². The molecule has 2 aromatic heterocycles. The van der Waals surface area contributed by atoms with Crippen molar-refractivity contribution >= 4 is 16.8 Å². The minimum absolute atomic E-state index is 0.201. The van der Waals surface area contributed by atoms with Crippen LogP contribution >= 0.6 is 0 Å². The molecule has 0 saturated carbocycles. The standard InChI is InChI=1S/C16H14FN3O/c1-9-7-14(20-8-12(9)16(21)18-2)10-3-4-13-11(15(10)17)5-6-19-13/h3-8,19H,1-2H3,(H,18,21). The van der Waals surface area contributed by atoms with Gasteiger partial charge >= 0.3 is 0 Å². The molecule has 0 spiro atoms. The van der Waals surface area contributed by atoms with Gasteiger partial charge in [0, 0.05) is 35.9 Å². The third-order valence-corrected chi connectivity index (χ3v) is 3.53. The van der Waals surface area contributed by atoms with E-state index in [2.05, 4.69) is 15.3 Å². The van der Waals surface area contributed by atoms with Gasteiger partial charge in [0.25, 0.3) is 5.91 Å². The fourth-order valence-corrected chi connectivity index (χ4v) is 2.37. The lowest BCUT2D eigenvalue weighted by atomic mass is 10.0.